The van der Waals surface area contributed by atoms with E-state index in [2.05, 4.69) is 41.5 Å². The molecule has 68 heavy (non-hydrogen) atoms. The Bertz CT molecular complexity index is 2340. The highest BCUT2D eigenvalue weighted by atomic mass is 32.2. The van der Waals surface area contributed by atoms with Gasteiger partial charge in [0.2, 0.25) is 0 Å². The topological polar surface area (TPSA) is 180 Å². The van der Waals surface area contributed by atoms with Crippen LogP contribution in [0.15, 0.2) is 104 Å². The van der Waals surface area contributed by atoms with Crippen molar-refractivity contribution in [1.29, 1.82) is 0 Å². The summed E-state index contributed by atoms with van der Waals surface area (Å²) in [6.45, 7) is 24.4. The van der Waals surface area contributed by atoms with E-state index in [-0.39, 0.29) is 75.8 Å². The SMILES string of the molecule is Cc1cc(SC2=C(O)CC(CCc3ccc(N)cc3)(C(C)C)OC2=O)c(C(C)(C)C)cc1CO.Cc1cc(SC2=C(O)CC(CCc3ccc(O)cc3)(C(C)C)OC2=O)c(C(C)(C)C)cc1CO. The van der Waals surface area contributed by atoms with Crippen molar-refractivity contribution < 1.29 is 44.6 Å². The molecule has 0 saturated carbocycles. The van der Waals surface area contributed by atoms with Crippen LogP contribution in [0.3, 0.4) is 0 Å². The summed E-state index contributed by atoms with van der Waals surface area (Å²) in [5.74, 6) is -0.583. The first-order chi connectivity index (χ1) is 31.7. The molecule has 2 heterocycles. The molecule has 2 aliphatic rings. The second kappa shape index (κ2) is 21.8. The lowest BCUT2D eigenvalue weighted by atomic mass is 9.80. The van der Waals surface area contributed by atoms with Gasteiger partial charge in [-0.25, -0.2) is 9.59 Å². The highest BCUT2D eigenvalue weighted by Gasteiger charge is 2.46. The van der Waals surface area contributed by atoms with Gasteiger partial charge in [0.15, 0.2) is 0 Å². The van der Waals surface area contributed by atoms with Crippen molar-refractivity contribution in [1.82, 2.24) is 0 Å². The fraction of sp³-hybridized carbons (Fsp3) is 0.464. The number of nitrogen functional groups attached to an aromatic ring is 1. The van der Waals surface area contributed by atoms with Crippen LogP contribution in [0, 0.1) is 25.7 Å². The maximum absolute atomic E-state index is 13.2. The predicted octanol–water partition coefficient (Wildman–Crippen LogP) is 12.5. The lowest BCUT2D eigenvalue weighted by Crippen LogP contribution is -2.44. The van der Waals surface area contributed by atoms with Crippen molar-refractivity contribution in [3.8, 4) is 5.75 Å². The van der Waals surface area contributed by atoms with Gasteiger partial charge in [0.05, 0.1) is 13.2 Å². The van der Waals surface area contributed by atoms with Gasteiger partial charge in [0.25, 0.3) is 0 Å². The zero-order chi connectivity index (χ0) is 50.5. The summed E-state index contributed by atoms with van der Waals surface area (Å²) >= 11 is 2.50. The van der Waals surface area contributed by atoms with Crippen molar-refractivity contribution in [3.05, 3.63) is 139 Å². The first kappa shape index (κ1) is 54.1. The molecule has 0 spiro atoms. The van der Waals surface area contributed by atoms with E-state index >= 15 is 0 Å². The molecule has 0 bridgehead atoms. The molecule has 4 aromatic rings. The number of esters is 2. The third kappa shape index (κ3) is 12.8. The minimum absolute atomic E-state index is 0.0125. The van der Waals surface area contributed by atoms with E-state index in [0.717, 1.165) is 60.7 Å². The highest BCUT2D eigenvalue weighted by Crippen LogP contribution is 2.47. The molecular formula is C56H73NO9S2. The van der Waals surface area contributed by atoms with Gasteiger partial charge in [0.1, 0.15) is 38.3 Å². The number of aliphatic hydroxyl groups excluding tert-OH is 4. The first-order valence-electron chi connectivity index (χ1n) is 23.5. The van der Waals surface area contributed by atoms with Crippen LogP contribution >= 0.6 is 23.5 Å². The largest absolute Gasteiger partial charge is 0.511 e. The number of phenols is 1. The molecule has 2 unspecified atom stereocenters. The number of benzene rings is 4. The summed E-state index contributed by atoms with van der Waals surface area (Å²) < 4.78 is 12.2. The molecule has 0 aliphatic carbocycles. The molecule has 4 aromatic carbocycles. The van der Waals surface area contributed by atoms with Crippen LogP contribution in [0.4, 0.5) is 5.69 Å². The van der Waals surface area contributed by atoms with Gasteiger partial charge in [-0.15, -0.1) is 0 Å². The van der Waals surface area contributed by atoms with Crippen LogP contribution < -0.4 is 5.73 Å². The monoisotopic (exact) mass is 967 g/mol. The molecule has 0 amide bonds. The number of hydrogen-bond acceptors (Lipinski definition) is 12. The normalized spacial score (nSPS) is 19.0. The maximum atomic E-state index is 13.2. The molecule has 0 fully saturated rings. The van der Waals surface area contributed by atoms with E-state index in [4.69, 9.17) is 15.2 Å². The molecule has 0 saturated heterocycles. The Balaban J connectivity index is 0.000000254. The standard InChI is InChI=1S/C28H37NO4S.C28H36O5S/c1-17(2)28(12-11-19-7-9-21(29)10-8-19)15-23(31)25(26(32)33-28)34-24-13-18(3)20(16-30)14-22(24)27(4,5)6;1-17(2)28(12-11-19-7-9-21(30)10-8-19)15-23(31)25(26(32)33-28)34-24-13-18(3)20(16-29)14-22(24)27(4,5)6/h7-10,13-14,17,30-31H,11-12,15-16,29H2,1-6H3;7-10,13-14,17,29-31H,11-12,15-16H2,1-6H3. The zero-order valence-corrected chi connectivity index (χ0v) is 43.6. The van der Waals surface area contributed by atoms with E-state index < -0.39 is 23.1 Å². The number of aliphatic hydroxyl groups is 4. The summed E-state index contributed by atoms with van der Waals surface area (Å²) in [6.07, 6.45) is 3.11. The van der Waals surface area contributed by atoms with Crippen molar-refractivity contribution >= 4 is 41.1 Å². The number of thioether (sulfide) groups is 2. The minimum Gasteiger partial charge on any atom is -0.511 e. The van der Waals surface area contributed by atoms with Gasteiger partial charge in [0, 0.05) is 28.3 Å². The van der Waals surface area contributed by atoms with E-state index in [1.54, 1.807) is 12.1 Å². The van der Waals surface area contributed by atoms with Gasteiger partial charge in [-0.1, -0.05) is 129 Å². The number of carbonyl (C=O) groups is 2. The fourth-order valence-electron chi connectivity index (χ4n) is 8.61. The Labute approximate surface area is 412 Å². The van der Waals surface area contributed by atoms with Gasteiger partial charge < -0.3 is 40.7 Å². The molecule has 2 atom stereocenters. The second-order valence-electron chi connectivity index (χ2n) is 21.1. The van der Waals surface area contributed by atoms with Crippen LogP contribution in [-0.4, -0.2) is 48.7 Å². The number of carbonyl (C=O) groups excluding carboxylic acids is 2. The van der Waals surface area contributed by atoms with Crippen LogP contribution in [0.2, 0.25) is 0 Å². The van der Waals surface area contributed by atoms with Crippen molar-refractivity contribution in [3.63, 3.8) is 0 Å². The van der Waals surface area contributed by atoms with Crippen molar-refractivity contribution in [2.75, 3.05) is 5.73 Å². The first-order valence-corrected chi connectivity index (χ1v) is 25.1. The van der Waals surface area contributed by atoms with Gasteiger partial charge in [-0.2, -0.15) is 0 Å². The Morgan fingerprint density at radius 1 is 0.603 bits per heavy atom. The molecule has 0 aromatic heterocycles. The van der Waals surface area contributed by atoms with Crippen LogP contribution in [0.5, 0.6) is 5.75 Å². The van der Waals surface area contributed by atoms with Gasteiger partial charge in [-0.3, -0.25) is 0 Å². The number of aryl methyl sites for hydroxylation is 4. The summed E-state index contributed by atoms with van der Waals surface area (Å²) in [7, 11) is 0. The van der Waals surface area contributed by atoms with Crippen LogP contribution in [0.25, 0.3) is 0 Å². The third-order valence-electron chi connectivity index (χ3n) is 13.4. The van der Waals surface area contributed by atoms with E-state index in [0.29, 0.717) is 24.9 Å². The number of cyclic esters (lactones) is 2. The highest BCUT2D eigenvalue weighted by molar-refractivity contribution is 8.04. The quantitative estimate of drug-likeness (QED) is 0.0521. The molecule has 12 heteroatoms. The smallest absolute Gasteiger partial charge is 0.349 e. The van der Waals surface area contributed by atoms with E-state index in [9.17, 15) is 35.1 Å². The van der Waals surface area contributed by atoms with Crippen molar-refractivity contribution in [2.45, 2.75) is 167 Å². The van der Waals surface area contributed by atoms with Gasteiger partial charge >= 0.3 is 11.9 Å². The minimum atomic E-state index is -0.799. The number of aromatic hydroxyl groups is 1. The van der Waals surface area contributed by atoms with Crippen LogP contribution in [-0.2, 0) is 55.9 Å². The maximum Gasteiger partial charge on any atom is 0.349 e. The Morgan fingerprint density at radius 3 is 1.26 bits per heavy atom. The average Bonchev–Trinajstić information content (AvgIpc) is 3.25. The second-order valence-corrected chi connectivity index (χ2v) is 23.2. The number of ether oxygens (including phenoxy) is 2. The summed E-state index contributed by atoms with van der Waals surface area (Å²) in [6, 6.07) is 22.6. The Kier molecular flexibility index (Phi) is 17.4. The van der Waals surface area contributed by atoms with Crippen molar-refractivity contribution in [2.24, 2.45) is 11.8 Å². The van der Waals surface area contributed by atoms with Gasteiger partial charge in [-0.05, 0) is 143 Å². The zero-order valence-electron chi connectivity index (χ0n) is 42.0. The Morgan fingerprint density at radius 2 is 0.956 bits per heavy atom. The average molecular weight is 968 g/mol. The number of phenolic OH excluding ortho intramolecular Hbond substituents is 1. The lowest BCUT2D eigenvalue weighted by molar-refractivity contribution is -0.165. The summed E-state index contributed by atoms with van der Waals surface area (Å²) in [5.41, 5.74) is 12.3. The number of nitrogens with two attached hydrogens (primary N) is 1. The fourth-order valence-corrected chi connectivity index (χ4v) is 11.1. The molecule has 7 N–H and O–H groups in total. The number of rotatable bonds is 14. The Hall–Kier alpha value is -4.88. The van der Waals surface area contributed by atoms with E-state index in [1.165, 1.54) is 23.5 Å². The third-order valence-corrected chi connectivity index (χ3v) is 15.7. The van der Waals surface area contributed by atoms with E-state index in [1.807, 2.05) is 102 Å². The molecule has 10 nitrogen and oxygen atoms in total. The molecule has 2 aliphatic heterocycles. The molecule has 368 valence electrons. The summed E-state index contributed by atoms with van der Waals surface area (Å²) in [5, 5.41) is 51.1. The molecular weight excluding hydrogens is 895 g/mol. The predicted molar refractivity (Wildman–Crippen MR) is 275 cm³/mol. The lowest BCUT2D eigenvalue weighted by Gasteiger charge is -2.40. The van der Waals surface area contributed by atoms with Crippen LogP contribution in [0.1, 0.15) is 139 Å². The number of hydrogen-bond donors (Lipinski definition) is 6. The number of anilines is 1. The summed E-state index contributed by atoms with van der Waals surface area (Å²) in [4.78, 5) is 28.7. The molecule has 6 rings (SSSR count). The molecule has 0 radical (unpaired) electrons.